The van der Waals surface area contributed by atoms with Gasteiger partial charge in [0.1, 0.15) is 6.04 Å². The van der Waals surface area contributed by atoms with Gasteiger partial charge in [-0.05, 0) is 12.0 Å². The molecule has 2 heterocycles. The second-order valence-corrected chi connectivity index (χ2v) is 5.26. The van der Waals surface area contributed by atoms with Crippen molar-refractivity contribution in [3.05, 3.63) is 35.9 Å². The molecule has 0 aliphatic carbocycles. The van der Waals surface area contributed by atoms with Crippen LogP contribution in [0.25, 0.3) is 0 Å². The largest absolute Gasteiger partial charge is 0.378 e. The highest BCUT2D eigenvalue weighted by molar-refractivity contribution is 5.82. The van der Waals surface area contributed by atoms with Crippen LogP contribution < -0.4 is 5.32 Å². The van der Waals surface area contributed by atoms with Crippen molar-refractivity contribution < 1.29 is 9.53 Å². The first-order valence-electron chi connectivity index (χ1n) is 6.99. The van der Waals surface area contributed by atoms with E-state index in [9.17, 15) is 4.79 Å². The second-order valence-electron chi connectivity index (χ2n) is 5.26. The first kappa shape index (κ1) is 12.6. The molecule has 0 bridgehead atoms. The number of hydrogen-bond acceptors (Lipinski definition) is 3. The summed E-state index contributed by atoms with van der Waals surface area (Å²) in [5, 5.41) is 3.23. The summed E-state index contributed by atoms with van der Waals surface area (Å²) in [5.74, 6) is 0.674. The third-order valence-electron chi connectivity index (χ3n) is 3.99. The summed E-state index contributed by atoms with van der Waals surface area (Å²) in [6, 6.07) is 10.3. The van der Waals surface area contributed by atoms with Gasteiger partial charge in [0.2, 0.25) is 5.91 Å². The summed E-state index contributed by atoms with van der Waals surface area (Å²) in [6.07, 6.45) is 1.06. The Balaban J connectivity index is 1.61. The van der Waals surface area contributed by atoms with Crippen molar-refractivity contribution in [2.45, 2.75) is 18.4 Å². The molecule has 0 saturated carbocycles. The Labute approximate surface area is 113 Å². The molecule has 2 aliphatic heterocycles. The van der Waals surface area contributed by atoms with Crippen LogP contribution in [0.3, 0.4) is 0 Å². The summed E-state index contributed by atoms with van der Waals surface area (Å²) in [6.45, 7) is 3.67. The third kappa shape index (κ3) is 2.80. The van der Waals surface area contributed by atoms with Crippen LogP contribution >= 0.6 is 0 Å². The number of hydrogen-bond donors (Lipinski definition) is 1. The monoisotopic (exact) mass is 260 g/mol. The van der Waals surface area contributed by atoms with Crippen LogP contribution in [0.2, 0.25) is 0 Å². The SMILES string of the molecule is O=C(C1COCCN1)N1CCC(c2ccccc2)C1. The molecule has 4 nitrogen and oxygen atoms in total. The van der Waals surface area contributed by atoms with Gasteiger partial charge in [-0.1, -0.05) is 30.3 Å². The van der Waals surface area contributed by atoms with Crippen LogP contribution in [0.5, 0.6) is 0 Å². The van der Waals surface area contributed by atoms with Crippen LogP contribution in [-0.2, 0) is 9.53 Å². The maximum atomic E-state index is 12.4. The quantitative estimate of drug-likeness (QED) is 0.862. The van der Waals surface area contributed by atoms with Crippen molar-refractivity contribution in [2.75, 3.05) is 32.8 Å². The molecule has 1 N–H and O–H groups in total. The van der Waals surface area contributed by atoms with Gasteiger partial charge in [-0.15, -0.1) is 0 Å². The lowest BCUT2D eigenvalue weighted by molar-refractivity contribution is -0.135. The minimum absolute atomic E-state index is 0.150. The number of ether oxygens (including phenoxy) is 1. The molecule has 0 spiro atoms. The van der Waals surface area contributed by atoms with Gasteiger partial charge in [0, 0.05) is 25.6 Å². The minimum Gasteiger partial charge on any atom is -0.378 e. The van der Waals surface area contributed by atoms with Crippen LogP contribution in [0.15, 0.2) is 30.3 Å². The number of benzene rings is 1. The first-order chi connectivity index (χ1) is 9.34. The summed E-state index contributed by atoms with van der Waals surface area (Å²) in [7, 11) is 0. The van der Waals surface area contributed by atoms with E-state index in [0.29, 0.717) is 19.1 Å². The van der Waals surface area contributed by atoms with Crippen molar-refractivity contribution in [3.8, 4) is 0 Å². The van der Waals surface area contributed by atoms with Gasteiger partial charge in [0.05, 0.1) is 13.2 Å². The molecular weight excluding hydrogens is 240 g/mol. The zero-order valence-electron chi connectivity index (χ0n) is 11.0. The molecule has 2 atom stereocenters. The normalized spacial score (nSPS) is 27.5. The predicted molar refractivity (Wildman–Crippen MR) is 73.0 cm³/mol. The van der Waals surface area contributed by atoms with E-state index in [4.69, 9.17) is 4.74 Å². The molecule has 3 rings (SSSR count). The van der Waals surface area contributed by atoms with Gasteiger partial charge in [-0.2, -0.15) is 0 Å². The Morgan fingerprint density at radius 1 is 1.32 bits per heavy atom. The number of likely N-dealkylation sites (tertiary alicyclic amines) is 1. The van der Waals surface area contributed by atoms with E-state index in [-0.39, 0.29) is 11.9 Å². The first-order valence-corrected chi connectivity index (χ1v) is 6.99. The number of rotatable bonds is 2. The van der Waals surface area contributed by atoms with Crippen LogP contribution in [0, 0.1) is 0 Å². The van der Waals surface area contributed by atoms with E-state index in [1.165, 1.54) is 5.56 Å². The topological polar surface area (TPSA) is 41.6 Å². The number of nitrogens with zero attached hydrogens (tertiary/aromatic N) is 1. The molecule has 1 amide bonds. The molecule has 2 saturated heterocycles. The Morgan fingerprint density at radius 3 is 2.89 bits per heavy atom. The highest BCUT2D eigenvalue weighted by atomic mass is 16.5. The van der Waals surface area contributed by atoms with Gasteiger partial charge in [0.15, 0.2) is 0 Å². The van der Waals surface area contributed by atoms with Crippen molar-refractivity contribution in [2.24, 2.45) is 0 Å². The van der Waals surface area contributed by atoms with E-state index in [2.05, 4.69) is 29.6 Å². The zero-order valence-corrected chi connectivity index (χ0v) is 11.0. The molecule has 4 heteroatoms. The van der Waals surface area contributed by atoms with Crippen molar-refractivity contribution in [1.29, 1.82) is 0 Å². The fourth-order valence-electron chi connectivity index (χ4n) is 2.90. The highest BCUT2D eigenvalue weighted by Gasteiger charge is 2.32. The summed E-state index contributed by atoms with van der Waals surface area (Å²) in [5.41, 5.74) is 1.34. The summed E-state index contributed by atoms with van der Waals surface area (Å²) >= 11 is 0. The minimum atomic E-state index is -0.150. The standard InChI is InChI=1S/C15H20N2O2/c18-15(14-11-19-9-7-16-14)17-8-6-13(10-17)12-4-2-1-3-5-12/h1-5,13-14,16H,6-11H2. The Kier molecular flexibility index (Phi) is 3.80. The second kappa shape index (κ2) is 5.72. The van der Waals surface area contributed by atoms with Gasteiger partial charge in [-0.3, -0.25) is 4.79 Å². The van der Waals surface area contributed by atoms with E-state index in [1.807, 2.05) is 11.0 Å². The molecule has 2 fully saturated rings. The summed E-state index contributed by atoms with van der Waals surface area (Å²) < 4.78 is 5.36. The fraction of sp³-hybridized carbons (Fsp3) is 0.533. The van der Waals surface area contributed by atoms with E-state index in [1.54, 1.807) is 0 Å². The predicted octanol–water partition coefficient (Wildman–Crippen LogP) is 0.991. The summed E-state index contributed by atoms with van der Waals surface area (Å²) in [4.78, 5) is 14.3. The van der Waals surface area contributed by atoms with Crippen LogP contribution in [0.1, 0.15) is 17.9 Å². The Hall–Kier alpha value is -1.39. The molecule has 102 valence electrons. The van der Waals surface area contributed by atoms with E-state index >= 15 is 0 Å². The smallest absolute Gasteiger partial charge is 0.242 e. The Morgan fingerprint density at radius 2 is 2.16 bits per heavy atom. The molecule has 1 aromatic carbocycles. The lowest BCUT2D eigenvalue weighted by atomic mass is 9.99. The van der Waals surface area contributed by atoms with E-state index < -0.39 is 0 Å². The number of carbonyl (C=O) groups is 1. The van der Waals surface area contributed by atoms with Crippen molar-refractivity contribution in [1.82, 2.24) is 10.2 Å². The van der Waals surface area contributed by atoms with Gasteiger partial charge in [-0.25, -0.2) is 0 Å². The molecule has 0 aromatic heterocycles. The van der Waals surface area contributed by atoms with Crippen molar-refractivity contribution >= 4 is 5.91 Å². The Bertz CT molecular complexity index is 429. The number of carbonyl (C=O) groups excluding carboxylic acids is 1. The van der Waals surface area contributed by atoms with Crippen LogP contribution in [-0.4, -0.2) is 49.7 Å². The number of amides is 1. The zero-order chi connectivity index (χ0) is 13.1. The molecule has 1 aromatic rings. The lowest BCUT2D eigenvalue weighted by Crippen LogP contribution is -2.52. The van der Waals surface area contributed by atoms with Gasteiger partial charge in [0.25, 0.3) is 0 Å². The van der Waals surface area contributed by atoms with Crippen LogP contribution in [0.4, 0.5) is 0 Å². The maximum Gasteiger partial charge on any atom is 0.242 e. The van der Waals surface area contributed by atoms with Gasteiger partial charge < -0.3 is 15.0 Å². The highest BCUT2D eigenvalue weighted by Crippen LogP contribution is 2.27. The number of nitrogens with one attached hydrogen (secondary N) is 1. The molecule has 0 radical (unpaired) electrons. The molecular formula is C15H20N2O2. The van der Waals surface area contributed by atoms with E-state index in [0.717, 1.165) is 26.1 Å². The van der Waals surface area contributed by atoms with Crippen molar-refractivity contribution in [3.63, 3.8) is 0 Å². The third-order valence-corrected chi connectivity index (χ3v) is 3.99. The average molecular weight is 260 g/mol. The molecule has 2 unspecified atom stereocenters. The lowest BCUT2D eigenvalue weighted by Gasteiger charge is -2.27. The average Bonchev–Trinajstić information content (AvgIpc) is 2.98. The van der Waals surface area contributed by atoms with Gasteiger partial charge >= 0.3 is 0 Å². The fourth-order valence-corrected chi connectivity index (χ4v) is 2.90. The molecule has 19 heavy (non-hydrogen) atoms. The molecule has 2 aliphatic rings. The maximum absolute atomic E-state index is 12.4. The number of morpholine rings is 1.